The molecule has 0 bridgehead atoms. The normalized spacial score (nSPS) is 26.5. The van der Waals surface area contributed by atoms with Gasteiger partial charge in [0.1, 0.15) is 0 Å². The highest BCUT2D eigenvalue weighted by Gasteiger charge is 2.21. The van der Waals surface area contributed by atoms with Crippen LogP contribution in [0.15, 0.2) is 0 Å². The average Bonchev–Trinajstić information content (AvgIpc) is 2.04. The van der Waals surface area contributed by atoms with Gasteiger partial charge in [0.05, 0.1) is 0 Å². The average molecular weight is 190 g/mol. The number of nitrogens with zero attached hydrogens (tertiary/aromatic N) is 1. The summed E-state index contributed by atoms with van der Waals surface area (Å²) in [6.07, 6.45) is 4.03. The van der Waals surface area contributed by atoms with E-state index in [0.717, 1.165) is 11.8 Å². The predicted octanol–water partition coefficient (Wildman–Crippen LogP) is 2.74. The van der Waals surface area contributed by atoms with Crippen molar-refractivity contribution in [1.29, 1.82) is 0 Å². The maximum absolute atomic E-state index is 5.92. The minimum atomic E-state index is 0.655. The van der Waals surface area contributed by atoms with E-state index in [4.69, 9.17) is 11.6 Å². The van der Waals surface area contributed by atoms with E-state index in [-0.39, 0.29) is 0 Å². The lowest BCUT2D eigenvalue weighted by Crippen LogP contribution is -2.42. The summed E-state index contributed by atoms with van der Waals surface area (Å²) in [5, 5.41) is 0. The number of piperidine rings is 1. The molecule has 1 aliphatic heterocycles. The highest BCUT2D eigenvalue weighted by atomic mass is 35.5. The SMILES string of the molecule is CC(C)CN1CCCCC1CCl. The van der Waals surface area contributed by atoms with Crippen LogP contribution < -0.4 is 0 Å². The molecule has 1 fully saturated rings. The summed E-state index contributed by atoms with van der Waals surface area (Å²) in [6, 6.07) is 0.655. The van der Waals surface area contributed by atoms with Crippen molar-refractivity contribution in [2.24, 2.45) is 5.92 Å². The number of alkyl halides is 1. The van der Waals surface area contributed by atoms with E-state index in [9.17, 15) is 0 Å². The van der Waals surface area contributed by atoms with E-state index in [2.05, 4.69) is 18.7 Å². The van der Waals surface area contributed by atoms with Crippen LogP contribution in [0.25, 0.3) is 0 Å². The van der Waals surface area contributed by atoms with Gasteiger partial charge in [-0.15, -0.1) is 11.6 Å². The molecule has 0 aromatic heterocycles. The van der Waals surface area contributed by atoms with Crippen LogP contribution in [0, 0.1) is 5.92 Å². The Morgan fingerprint density at radius 1 is 1.42 bits per heavy atom. The first-order valence-corrected chi connectivity index (χ1v) is 5.57. The van der Waals surface area contributed by atoms with Crippen LogP contribution in [0.3, 0.4) is 0 Å². The van der Waals surface area contributed by atoms with Crippen LogP contribution in [0.4, 0.5) is 0 Å². The zero-order chi connectivity index (χ0) is 8.97. The zero-order valence-electron chi connectivity index (χ0n) is 8.22. The summed E-state index contributed by atoms with van der Waals surface area (Å²) in [5.41, 5.74) is 0. The molecule has 1 nitrogen and oxygen atoms in total. The molecule has 0 radical (unpaired) electrons. The summed E-state index contributed by atoms with van der Waals surface area (Å²) in [7, 11) is 0. The van der Waals surface area contributed by atoms with Crippen molar-refractivity contribution in [2.75, 3.05) is 19.0 Å². The minimum Gasteiger partial charge on any atom is -0.299 e. The van der Waals surface area contributed by atoms with Crippen LogP contribution in [0.1, 0.15) is 33.1 Å². The van der Waals surface area contributed by atoms with Gasteiger partial charge in [-0.1, -0.05) is 20.3 Å². The summed E-state index contributed by atoms with van der Waals surface area (Å²) in [4.78, 5) is 2.56. The Labute approximate surface area is 81.1 Å². The molecule has 1 unspecified atom stereocenters. The molecule has 72 valence electrons. The molecule has 1 heterocycles. The highest BCUT2D eigenvalue weighted by Crippen LogP contribution is 2.18. The number of halogens is 1. The molecule has 2 heteroatoms. The summed E-state index contributed by atoms with van der Waals surface area (Å²) >= 11 is 5.92. The largest absolute Gasteiger partial charge is 0.299 e. The van der Waals surface area contributed by atoms with Crippen molar-refractivity contribution in [2.45, 2.75) is 39.2 Å². The van der Waals surface area contributed by atoms with Crippen LogP contribution in [-0.2, 0) is 0 Å². The number of likely N-dealkylation sites (tertiary alicyclic amines) is 1. The maximum Gasteiger partial charge on any atom is 0.0379 e. The standard InChI is InChI=1S/C10H20ClN/c1-9(2)8-12-6-4-3-5-10(12)7-11/h9-10H,3-8H2,1-2H3. The van der Waals surface area contributed by atoms with E-state index >= 15 is 0 Å². The number of rotatable bonds is 3. The molecular formula is C10H20ClN. The molecule has 0 aromatic carbocycles. The minimum absolute atomic E-state index is 0.655. The van der Waals surface area contributed by atoms with Crippen LogP contribution >= 0.6 is 11.6 Å². The van der Waals surface area contributed by atoms with E-state index < -0.39 is 0 Å². The molecule has 1 atom stereocenters. The van der Waals surface area contributed by atoms with Gasteiger partial charge in [-0.25, -0.2) is 0 Å². The lowest BCUT2D eigenvalue weighted by Gasteiger charge is -2.35. The third-order valence-corrected chi connectivity index (χ3v) is 2.88. The van der Waals surface area contributed by atoms with Gasteiger partial charge in [0, 0.05) is 18.5 Å². The van der Waals surface area contributed by atoms with Crippen molar-refractivity contribution in [3.05, 3.63) is 0 Å². The first-order chi connectivity index (χ1) is 5.74. The Balaban J connectivity index is 2.36. The fourth-order valence-corrected chi connectivity index (χ4v) is 2.29. The summed E-state index contributed by atoms with van der Waals surface area (Å²) < 4.78 is 0. The highest BCUT2D eigenvalue weighted by molar-refractivity contribution is 6.18. The Morgan fingerprint density at radius 3 is 2.75 bits per heavy atom. The van der Waals surface area contributed by atoms with E-state index in [1.165, 1.54) is 32.4 Å². The zero-order valence-corrected chi connectivity index (χ0v) is 8.98. The van der Waals surface area contributed by atoms with Crippen molar-refractivity contribution < 1.29 is 0 Å². The predicted molar refractivity (Wildman–Crippen MR) is 54.8 cm³/mol. The lowest BCUT2D eigenvalue weighted by molar-refractivity contribution is 0.146. The third kappa shape index (κ3) is 2.95. The molecule has 1 aliphatic rings. The molecule has 0 spiro atoms. The first-order valence-electron chi connectivity index (χ1n) is 5.04. The molecule has 1 rings (SSSR count). The van der Waals surface area contributed by atoms with Gasteiger partial charge < -0.3 is 0 Å². The molecule has 0 aromatic rings. The fourth-order valence-electron chi connectivity index (χ4n) is 1.94. The summed E-state index contributed by atoms with van der Waals surface area (Å²) in [5.74, 6) is 1.58. The molecule has 0 aliphatic carbocycles. The quantitative estimate of drug-likeness (QED) is 0.618. The molecule has 0 N–H and O–H groups in total. The summed E-state index contributed by atoms with van der Waals surface area (Å²) in [6.45, 7) is 7.03. The lowest BCUT2D eigenvalue weighted by atomic mass is 10.0. The van der Waals surface area contributed by atoms with E-state index in [1.54, 1.807) is 0 Å². The number of hydrogen-bond acceptors (Lipinski definition) is 1. The second-order valence-electron chi connectivity index (χ2n) is 4.19. The fraction of sp³-hybridized carbons (Fsp3) is 1.00. The van der Waals surface area contributed by atoms with Crippen LogP contribution in [-0.4, -0.2) is 29.9 Å². The molecular weight excluding hydrogens is 170 g/mol. The molecule has 0 amide bonds. The molecule has 0 saturated carbocycles. The van der Waals surface area contributed by atoms with Gasteiger partial charge in [-0.2, -0.15) is 0 Å². The maximum atomic E-state index is 5.92. The van der Waals surface area contributed by atoms with Crippen molar-refractivity contribution in [3.63, 3.8) is 0 Å². The van der Waals surface area contributed by atoms with Gasteiger partial charge >= 0.3 is 0 Å². The second-order valence-corrected chi connectivity index (χ2v) is 4.50. The van der Waals surface area contributed by atoms with Gasteiger partial charge in [-0.05, 0) is 25.3 Å². The Kier molecular flexibility index (Phi) is 4.38. The third-order valence-electron chi connectivity index (χ3n) is 2.53. The Morgan fingerprint density at radius 2 is 2.17 bits per heavy atom. The van der Waals surface area contributed by atoms with Gasteiger partial charge in [0.15, 0.2) is 0 Å². The van der Waals surface area contributed by atoms with Gasteiger partial charge in [0.25, 0.3) is 0 Å². The smallest absolute Gasteiger partial charge is 0.0379 e. The van der Waals surface area contributed by atoms with Crippen molar-refractivity contribution in [1.82, 2.24) is 4.90 Å². The molecule has 1 saturated heterocycles. The molecule has 12 heavy (non-hydrogen) atoms. The van der Waals surface area contributed by atoms with Crippen LogP contribution in [0.2, 0.25) is 0 Å². The Bertz CT molecular complexity index is 125. The van der Waals surface area contributed by atoms with E-state index in [0.29, 0.717) is 6.04 Å². The first kappa shape index (κ1) is 10.3. The van der Waals surface area contributed by atoms with Gasteiger partial charge in [0.2, 0.25) is 0 Å². The monoisotopic (exact) mass is 189 g/mol. The van der Waals surface area contributed by atoms with Crippen molar-refractivity contribution in [3.8, 4) is 0 Å². The Hall–Kier alpha value is 0.250. The van der Waals surface area contributed by atoms with Crippen molar-refractivity contribution >= 4 is 11.6 Å². The van der Waals surface area contributed by atoms with Gasteiger partial charge in [-0.3, -0.25) is 4.90 Å². The van der Waals surface area contributed by atoms with Crippen LogP contribution in [0.5, 0.6) is 0 Å². The van der Waals surface area contributed by atoms with E-state index in [1.807, 2.05) is 0 Å². The topological polar surface area (TPSA) is 3.24 Å². The number of hydrogen-bond donors (Lipinski definition) is 0. The second kappa shape index (κ2) is 5.08.